The van der Waals surface area contributed by atoms with E-state index >= 15 is 0 Å². The molecular formula is C12H24N2O6S. The normalized spacial score (nSPS) is 13.4. The van der Waals surface area contributed by atoms with Crippen molar-refractivity contribution in [3.05, 3.63) is 0 Å². The summed E-state index contributed by atoms with van der Waals surface area (Å²) in [4.78, 5) is 23.3. The van der Waals surface area contributed by atoms with Gasteiger partial charge < -0.3 is 9.47 Å². The lowest BCUT2D eigenvalue weighted by molar-refractivity contribution is -0.147. The average molecular weight is 324 g/mol. The van der Waals surface area contributed by atoms with Gasteiger partial charge in [0, 0.05) is 6.54 Å². The first-order valence-corrected chi connectivity index (χ1v) is 8.09. The van der Waals surface area contributed by atoms with Crippen molar-refractivity contribution in [1.82, 2.24) is 4.31 Å². The largest absolute Gasteiger partial charge is 0.466 e. The first kappa shape index (κ1) is 19.7. The summed E-state index contributed by atoms with van der Waals surface area (Å²) in [6.07, 6.45) is -0.977. The Hall–Kier alpha value is -1.35. The molecule has 2 N–H and O–H groups in total. The minimum absolute atomic E-state index is 0.0918. The van der Waals surface area contributed by atoms with Crippen LogP contribution in [0.4, 0.5) is 4.79 Å². The second kappa shape index (κ2) is 7.60. The van der Waals surface area contributed by atoms with Crippen LogP contribution in [0.2, 0.25) is 0 Å². The van der Waals surface area contributed by atoms with E-state index in [1.165, 1.54) is 0 Å². The molecule has 0 spiro atoms. The van der Waals surface area contributed by atoms with Gasteiger partial charge in [0.2, 0.25) is 0 Å². The molecule has 0 aromatic carbocycles. The third-order valence-electron chi connectivity index (χ3n) is 2.36. The Bertz CT molecular complexity index is 469. The molecule has 0 bridgehead atoms. The summed E-state index contributed by atoms with van der Waals surface area (Å²) >= 11 is 0. The van der Waals surface area contributed by atoms with Crippen molar-refractivity contribution < 1.29 is 27.5 Å². The smallest absolute Gasteiger partial charge is 0.425 e. The Balaban J connectivity index is 4.82. The van der Waals surface area contributed by atoms with Gasteiger partial charge in [-0.1, -0.05) is 6.92 Å². The van der Waals surface area contributed by atoms with E-state index in [1.807, 2.05) is 0 Å². The van der Waals surface area contributed by atoms with Gasteiger partial charge in [0.1, 0.15) is 5.60 Å². The molecule has 0 saturated carbocycles. The number of hydrogen-bond acceptors (Lipinski definition) is 6. The lowest BCUT2D eigenvalue weighted by atomic mass is 10.1. The van der Waals surface area contributed by atoms with E-state index < -0.39 is 33.8 Å². The van der Waals surface area contributed by atoms with E-state index in [9.17, 15) is 18.0 Å². The zero-order valence-electron chi connectivity index (χ0n) is 13.1. The Labute approximate surface area is 125 Å². The monoisotopic (exact) mass is 324 g/mol. The van der Waals surface area contributed by atoms with Crippen LogP contribution in [0.5, 0.6) is 0 Å². The highest BCUT2D eigenvalue weighted by molar-refractivity contribution is 7.87. The van der Waals surface area contributed by atoms with Gasteiger partial charge in [-0.15, -0.1) is 0 Å². The molecule has 1 unspecified atom stereocenters. The molecule has 1 atom stereocenters. The number of carbonyl (C=O) groups excluding carboxylic acids is 2. The van der Waals surface area contributed by atoms with Gasteiger partial charge in [-0.25, -0.2) is 9.93 Å². The maximum atomic E-state index is 11.8. The Morgan fingerprint density at radius 3 is 2.19 bits per heavy atom. The van der Waals surface area contributed by atoms with Crippen LogP contribution in [-0.4, -0.2) is 43.5 Å². The lowest BCUT2D eigenvalue weighted by Crippen LogP contribution is -2.45. The van der Waals surface area contributed by atoms with Crippen molar-refractivity contribution in [1.29, 1.82) is 0 Å². The summed E-state index contributed by atoms with van der Waals surface area (Å²) in [5.74, 6) is -1.02. The van der Waals surface area contributed by atoms with E-state index in [1.54, 1.807) is 34.6 Å². The molecule has 9 heteroatoms. The summed E-state index contributed by atoms with van der Waals surface area (Å²) < 4.78 is 33.1. The molecule has 0 aromatic rings. The van der Waals surface area contributed by atoms with Crippen molar-refractivity contribution in [2.75, 3.05) is 13.2 Å². The quantitative estimate of drug-likeness (QED) is 0.729. The van der Waals surface area contributed by atoms with Crippen LogP contribution in [0.25, 0.3) is 0 Å². The number of ether oxygens (including phenoxy) is 2. The first-order valence-electron chi connectivity index (χ1n) is 6.58. The minimum Gasteiger partial charge on any atom is -0.466 e. The van der Waals surface area contributed by atoms with E-state index in [2.05, 4.69) is 0 Å². The predicted octanol–water partition coefficient (Wildman–Crippen LogP) is 1.02. The molecule has 0 aliphatic heterocycles. The van der Waals surface area contributed by atoms with Crippen molar-refractivity contribution in [2.24, 2.45) is 11.1 Å². The van der Waals surface area contributed by atoms with Crippen LogP contribution >= 0.6 is 0 Å². The van der Waals surface area contributed by atoms with Crippen LogP contribution in [0.3, 0.4) is 0 Å². The molecule has 1 amide bonds. The fourth-order valence-electron chi connectivity index (χ4n) is 1.35. The number of nitrogens with two attached hydrogens (primary N) is 1. The maximum Gasteiger partial charge on any atom is 0.425 e. The first-order chi connectivity index (χ1) is 9.38. The second-order valence-corrected chi connectivity index (χ2v) is 7.01. The summed E-state index contributed by atoms with van der Waals surface area (Å²) in [6.45, 7) is 8.03. The highest BCUT2D eigenvalue weighted by Gasteiger charge is 2.30. The zero-order valence-corrected chi connectivity index (χ0v) is 13.9. The van der Waals surface area contributed by atoms with E-state index in [-0.39, 0.29) is 19.6 Å². The highest BCUT2D eigenvalue weighted by atomic mass is 32.2. The van der Waals surface area contributed by atoms with Crippen LogP contribution in [0, 0.1) is 5.92 Å². The molecule has 0 aliphatic rings. The van der Waals surface area contributed by atoms with Crippen LogP contribution in [0.15, 0.2) is 0 Å². The molecule has 0 aromatic heterocycles. The Morgan fingerprint density at radius 1 is 1.29 bits per heavy atom. The van der Waals surface area contributed by atoms with E-state index in [0.29, 0.717) is 4.31 Å². The summed E-state index contributed by atoms with van der Waals surface area (Å²) in [6, 6.07) is 0. The molecule has 0 heterocycles. The van der Waals surface area contributed by atoms with Crippen molar-refractivity contribution in [3.8, 4) is 0 Å². The van der Waals surface area contributed by atoms with Gasteiger partial charge in [-0.05, 0) is 34.1 Å². The number of carbonyl (C=O) groups is 2. The number of amides is 1. The molecule has 21 heavy (non-hydrogen) atoms. The van der Waals surface area contributed by atoms with Crippen LogP contribution in [-0.2, 0) is 24.5 Å². The molecule has 0 fully saturated rings. The fourth-order valence-corrected chi connectivity index (χ4v) is 1.95. The van der Waals surface area contributed by atoms with E-state index in [4.69, 9.17) is 14.6 Å². The molecule has 8 nitrogen and oxygen atoms in total. The van der Waals surface area contributed by atoms with Crippen LogP contribution in [0.1, 0.15) is 41.0 Å². The molecule has 0 radical (unpaired) electrons. The molecular weight excluding hydrogens is 300 g/mol. The van der Waals surface area contributed by atoms with Gasteiger partial charge in [-0.3, -0.25) is 4.79 Å². The van der Waals surface area contributed by atoms with Crippen molar-refractivity contribution >= 4 is 22.3 Å². The summed E-state index contributed by atoms with van der Waals surface area (Å²) in [7, 11) is -4.26. The molecule has 0 aliphatic carbocycles. The van der Waals surface area contributed by atoms with Gasteiger partial charge in [0.25, 0.3) is 0 Å². The minimum atomic E-state index is -4.26. The summed E-state index contributed by atoms with van der Waals surface area (Å²) in [5, 5.41) is 5.00. The lowest BCUT2D eigenvalue weighted by Gasteiger charge is -2.26. The number of hydrogen-bond donors (Lipinski definition) is 1. The van der Waals surface area contributed by atoms with Crippen LogP contribution < -0.4 is 5.14 Å². The SMILES string of the molecule is CCOC(=O)C(C)CCN(C(=O)OC(C)(C)C)S(N)(=O)=O. The Morgan fingerprint density at radius 2 is 1.81 bits per heavy atom. The van der Waals surface area contributed by atoms with Gasteiger partial charge in [-0.2, -0.15) is 12.7 Å². The topological polar surface area (TPSA) is 116 Å². The average Bonchev–Trinajstić information content (AvgIpc) is 2.24. The number of rotatable bonds is 6. The number of nitrogens with zero attached hydrogens (tertiary/aromatic N) is 1. The highest BCUT2D eigenvalue weighted by Crippen LogP contribution is 2.14. The molecule has 124 valence electrons. The van der Waals surface area contributed by atoms with Gasteiger partial charge in [0.05, 0.1) is 12.5 Å². The Kier molecular flexibility index (Phi) is 7.11. The maximum absolute atomic E-state index is 11.8. The third kappa shape index (κ3) is 7.86. The second-order valence-electron chi connectivity index (χ2n) is 5.54. The molecule has 0 rings (SSSR count). The number of esters is 1. The zero-order chi connectivity index (χ0) is 16.8. The van der Waals surface area contributed by atoms with Crippen molar-refractivity contribution in [2.45, 2.75) is 46.6 Å². The van der Waals surface area contributed by atoms with Gasteiger partial charge in [0.15, 0.2) is 0 Å². The summed E-state index contributed by atoms with van der Waals surface area (Å²) in [5.41, 5.74) is -0.854. The van der Waals surface area contributed by atoms with Gasteiger partial charge >= 0.3 is 22.3 Å². The van der Waals surface area contributed by atoms with Crippen molar-refractivity contribution in [3.63, 3.8) is 0 Å². The third-order valence-corrected chi connectivity index (χ3v) is 3.30. The fraction of sp³-hybridized carbons (Fsp3) is 0.833. The predicted molar refractivity (Wildman–Crippen MR) is 76.5 cm³/mol. The molecule has 0 saturated heterocycles. The standard InChI is InChI=1S/C12H24N2O6S/c1-6-19-10(15)9(2)7-8-14(21(13,17)18)11(16)20-12(3,4)5/h9H,6-8H2,1-5H3,(H2,13,17,18). The van der Waals surface area contributed by atoms with E-state index in [0.717, 1.165) is 0 Å².